The van der Waals surface area contributed by atoms with Crippen molar-refractivity contribution in [1.29, 1.82) is 0 Å². The van der Waals surface area contributed by atoms with Crippen LogP contribution in [-0.2, 0) is 11.2 Å². The minimum atomic E-state index is -0.327. The molecule has 4 heteroatoms. The lowest BCUT2D eigenvalue weighted by Crippen LogP contribution is -2.59. The van der Waals surface area contributed by atoms with Crippen molar-refractivity contribution in [3.63, 3.8) is 0 Å². The molecule has 23 heavy (non-hydrogen) atoms. The molecule has 2 aliphatic carbocycles. The summed E-state index contributed by atoms with van der Waals surface area (Å²) in [5.41, 5.74) is 0.932. The molecule has 0 radical (unpaired) electrons. The van der Waals surface area contributed by atoms with Gasteiger partial charge in [-0.15, -0.1) is 0 Å². The third kappa shape index (κ3) is 2.44. The molecule has 1 aromatic carbocycles. The number of ether oxygens (including phenoxy) is 1. The second kappa shape index (κ2) is 5.52. The molecule has 0 aromatic heterocycles. The van der Waals surface area contributed by atoms with Crippen molar-refractivity contribution in [2.75, 3.05) is 20.2 Å². The number of amides is 1. The maximum atomic E-state index is 13.2. The van der Waals surface area contributed by atoms with Gasteiger partial charge in [0.25, 0.3) is 0 Å². The molecule has 1 heterocycles. The third-order valence-corrected chi connectivity index (χ3v) is 6.20. The summed E-state index contributed by atoms with van der Waals surface area (Å²) < 4.78 is 5.34. The van der Waals surface area contributed by atoms with Gasteiger partial charge in [0, 0.05) is 13.1 Å². The lowest BCUT2D eigenvalue weighted by atomic mass is 9.68. The molecular weight excluding hydrogens is 290 g/mol. The van der Waals surface area contributed by atoms with E-state index in [1.54, 1.807) is 7.11 Å². The average Bonchev–Trinajstić information content (AvgIpc) is 3.13. The fourth-order valence-electron chi connectivity index (χ4n) is 5.08. The zero-order valence-corrected chi connectivity index (χ0v) is 13.7. The number of fused-ring (bicyclic) bond motifs is 2. The Bertz CT molecular complexity index is 610. The van der Waals surface area contributed by atoms with Gasteiger partial charge >= 0.3 is 0 Å². The number of benzene rings is 1. The third-order valence-electron chi connectivity index (χ3n) is 6.20. The summed E-state index contributed by atoms with van der Waals surface area (Å²) >= 11 is 0. The van der Waals surface area contributed by atoms with Crippen LogP contribution in [0.1, 0.15) is 31.2 Å². The van der Waals surface area contributed by atoms with Crippen molar-refractivity contribution < 1.29 is 14.6 Å². The number of hydrogen-bond acceptors (Lipinski definition) is 3. The number of β-amino-alcohol motifs (C(OH)–C–C–N with tert-alkyl or cyclic N) is 1. The molecule has 4 rings (SSSR count). The number of methoxy groups -OCH3 is 1. The molecule has 4 nitrogen and oxygen atoms in total. The molecule has 2 bridgehead atoms. The molecule has 1 amide bonds. The lowest BCUT2D eigenvalue weighted by Gasteiger charge is -2.45. The largest absolute Gasteiger partial charge is 0.497 e. The monoisotopic (exact) mass is 315 g/mol. The maximum absolute atomic E-state index is 13.2. The highest BCUT2D eigenvalue weighted by Crippen LogP contribution is 2.58. The Morgan fingerprint density at radius 1 is 1.39 bits per heavy atom. The van der Waals surface area contributed by atoms with E-state index in [-0.39, 0.29) is 17.4 Å². The Labute approximate surface area is 137 Å². The fourth-order valence-corrected chi connectivity index (χ4v) is 5.08. The number of rotatable bonds is 4. The number of hydrogen-bond donors (Lipinski definition) is 1. The number of carbonyl (C=O) groups excluding carboxylic acids is 1. The lowest BCUT2D eigenvalue weighted by molar-refractivity contribution is -0.156. The molecule has 3 atom stereocenters. The summed E-state index contributed by atoms with van der Waals surface area (Å²) in [5.74, 6) is 2.34. The quantitative estimate of drug-likeness (QED) is 0.927. The normalized spacial score (nSPS) is 32.9. The van der Waals surface area contributed by atoms with Gasteiger partial charge in [0.05, 0.1) is 18.6 Å². The number of carbonyl (C=O) groups is 1. The van der Waals surface area contributed by atoms with Gasteiger partial charge in [-0.25, -0.2) is 0 Å². The summed E-state index contributed by atoms with van der Waals surface area (Å²) in [6.45, 7) is 1.02. The van der Waals surface area contributed by atoms with E-state index in [2.05, 4.69) is 12.1 Å². The van der Waals surface area contributed by atoms with E-state index in [1.807, 2.05) is 17.0 Å². The molecule has 0 unspecified atom stereocenters. The van der Waals surface area contributed by atoms with Crippen molar-refractivity contribution in [3.05, 3.63) is 29.8 Å². The van der Waals surface area contributed by atoms with E-state index in [4.69, 9.17) is 4.74 Å². The highest BCUT2D eigenvalue weighted by atomic mass is 16.5. The zero-order chi connectivity index (χ0) is 16.0. The van der Waals surface area contributed by atoms with Gasteiger partial charge in [-0.1, -0.05) is 18.6 Å². The van der Waals surface area contributed by atoms with Gasteiger partial charge < -0.3 is 14.7 Å². The van der Waals surface area contributed by atoms with E-state index < -0.39 is 0 Å². The van der Waals surface area contributed by atoms with Gasteiger partial charge in [0.2, 0.25) is 5.91 Å². The van der Waals surface area contributed by atoms with E-state index in [1.165, 1.54) is 24.8 Å². The Balaban J connectivity index is 1.62. The van der Waals surface area contributed by atoms with Crippen LogP contribution >= 0.6 is 0 Å². The smallest absolute Gasteiger partial charge is 0.229 e. The molecular formula is C19H25NO3. The van der Waals surface area contributed by atoms with Crippen LogP contribution in [-0.4, -0.2) is 42.2 Å². The first-order chi connectivity index (χ1) is 11.1. The van der Waals surface area contributed by atoms with Gasteiger partial charge in [-0.2, -0.15) is 0 Å². The Morgan fingerprint density at radius 3 is 2.83 bits per heavy atom. The maximum Gasteiger partial charge on any atom is 0.229 e. The first kappa shape index (κ1) is 15.0. The molecule has 124 valence electrons. The van der Waals surface area contributed by atoms with Crippen LogP contribution in [0.5, 0.6) is 5.75 Å². The SMILES string of the molecule is COc1cccc(C[C@@]2(C(=O)N3CC(O)C3)C[C@H]3CC[C@@H]2C3)c1. The Morgan fingerprint density at radius 2 is 2.22 bits per heavy atom. The second-order valence-corrected chi connectivity index (χ2v) is 7.63. The van der Waals surface area contributed by atoms with Gasteiger partial charge in [-0.05, 0) is 55.2 Å². The molecule has 1 aromatic rings. The highest BCUT2D eigenvalue weighted by Gasteiger charge is 2.57. The predicted octanol–water partition coefficient (Wildman–Crippen LogP) is 2.25. The minimum Gasteiger partial charge on any atom is -0.497 e. The first-order valence-electron chi connectivity index (χ1n) is 8.71. The second-order valence-electron chi connectivity index (χ2n) is 7.63. The number of nitrogens with zero attached hydrogens (tertiary/aromatic N) is 1. The standard InChI is InChI=1S/C19H25NO3/c1-23-17-4-2-3-13(8-17)9-19(10-14-5-6-15(19)7-14)18(22)20-11-16(21)12-20/h2-4,8,14-16,21H,5-7,9-12H2,1H3/t14-,15+,19+/m0/s1. The van der Waals surface area contributed by atoms with E-state index in [0.717, 1.165) is 18.6 Å². The van der Waals surface area contributed by atoms with Crippen molar-refractivity contribution in [2.45, 2.75) is 38.2 Å². The highest BCUT2D eigenvalue weighted by molar-refractivity contribution is 5.85. The van der Waals surface area contributed by atoms with E-state index in [0.29, 0.717) is 24.9 Å². The van der Waals surface area contributed by atoms with Gasteiger partial charge in [0.15, 0.2) is 0 Å². The number of aliphatic hydroxyl groups is 1. The summed E-state index contributed by atoms with van der Waals surface area (Å²) in [6.07, 6.45) is 5.15. The Kier molecular flexibility index (Phi) is 3.60. The predicted molar refractivity (Wildman–Crippen MR) is 87.2 cm³/mol. The van der Waals surface area contributed by atoms with Crippen LogP contribution in [0.25, 0.3) is 0 Å². The summed E-state index contributed by atoms with van der Waals surface area (Å²) in [7, 11) is 1.68. The van der Waals surface area contributed by atoms with Crippen molar-refractivity contribution in [1.82, 2.24) is 4.90 Å². The summed E-state index contributed by atoms with van der Waals surface area (Å²) in [6, 6.07) is 8.12. The van der Waals surface area contributed by atoms with Crippen LogP contribution in [0, 0.1) is 17.3 Å². The van der Waals surface area contributed by atoms with E-state index in [9.17, 15) is 9.90 Å². The average molecular weight is 315 g/mol. The Hall–Kier alpha value is -1.55. The minimum absolute atomic E-state index is 0.255. The fraction of sp³-hybridized carbons (Fsp3) is 0.632. The molecule has 2 saturated carbocycles. The van der Waals surface area contributed by atoms with Gasteiger partial charge in [0.1, 0.15) is 5.75 Å². The number of aliphatic hydroxyl groups excluding tert-OH is 1. The van der Waals surface area contributed by atoms with Crippen molar-refractivity contribution in [3.8, 4) is 5.75 Å². The van der Waals surface area contributed by atoms with Crippen molar-refractivity contribution >= 4 is 5.91 Å². The van der Waals surface area contributed by atoms with Crippen LogP contribution in [0.4, 0.5) is 0 Å². The molecule has 3 aliphatic rings. The molecule has 3 fully saturated rings. The summed E-state index contributed by atoms with van der Waals surface area (Å²) in [4.78, 5) is 15.1. The zero-order valence-electron chi connectivity index (χ0n) is 13.7. The van der Waals surface area contributed by atoms with E-state index >= 15 is 0 Å². The van der Waals surface area contributed by atoms with Crippen LogP contribution in [0.3, 0.4) is 0 Å². The molecule has 1 saturated heterocycles. The summed E-state index contributed by atoms with van der Waals surface area (Å²) in [5, 5.41) is 9.57. The van der Waals surface area contributed by atoms with Crippen LogP contribution in [0.15, 0.2) is 24.3 Å². The first-order valence-corrected chi connectivity index (χ1v) is 8.71. The van der Waals surface area contributed by atoms with Crippen LogP contribution < -0.4 is 4.74 Å². The topological polar surface area (TPSA) is 49.8 Å². The molecule has 0 spiro atoms. The van der Waals surface area contributed by atoms with Gasteiger partial charge in [-0.3, -0.25) is 4.79 Å². The van der Waals surface area contributed by atoms with Crippen molar-refractivity contribution in [2.24, 2.45) is 17.3 Å². The molecule has 1 aliphatic heterocycles. The van der Waals surface area contributed by atoms with Crippen LogP contribution in [0.2, 0.25) is 0 Å². The number of likely N-dealkylation sites (tertiary alicyclic amines) is 1. The molecule has 1 N–H and O–H groups in total.